The fraction of sp³-hybridized carbons (Fsp3) is 0.0667. The first-order chi connectivity index (χ1) is 9.97. The lowest BCUT2D eigenvalue weighted by Crippen LogP contribution is -2.04. The number of rotatable bonds is 5. The highest BCUT2D eigenvalue weighted by Gasteiger charge is 2.11. The molecular formula is C15H13NO5. The summed E-state index contributed by atoms with van der Waals surface area (Å²) in [5.41, 5.74) is 6.93. The van der Waals surface area contributed by atoms with Crippen LogP contribution in [-0.2, 0) is 6.61 Å². The monoisotopic (exact) mass is 287 g/mol. The van der Waals surface area contributed by atoms with Crippen LogP contribution in [-0.4, -0.2) is 22.2 Å². The molecular weight excluding hydrogens is 274 g/mol. The Labute approximate surface area is 120 Å². The summed E-state index contributed by atoms with van der Waals surface area (Å²) in [6, 6.07) is 10.4. The van der Waals surface area contributed by atoms with Crippen molar-refractivity contribution < 1.29 is 24.5 Å². The van der Waals surface area contributed by atoms with Gasteiger partial charge < -0.3 is 20.7 Å². The molecule has 0 fully saturated rings. The van der Waals surface area contributed by atoms with Crippen molar-refractivity contribution in [2.75, 3.05) is 5.73 Å². The van der Waals surface area contributed by atoms with Crippen LogP contribution in [0.3, 0.4) is 0 Å². The molecule has 0 radical (unpaired) electrons. The van der Waals surface area contributed by atoms with Gasteiger partial charge in [-0.15, -0.1) is 0 Å². The van der Waals surface area contributed by atoms with Gasteiger partial charge in [0.1, 0.15) is 17.9 Å². The minimum absolute atomic E-state index is 0.0198. The molecule has 6 heteroatoms. The topological polar surface area (TPSA) is 110 Å². The SMILES string of the molecule is Nc1ccc(C(=O)O)c(OCc2ccc(C(=O)O)cc2)c1. The lowest BCUT2D eigenvalue weighted by atomic mass is 10.1. The van der Waals surface area contributed by atoms with Gasteiger partial charge in [0.2, 0.25) is 0 Å². The summed E-state index contributed by atoms with van der Waals surface area (Å²) >= 11 is 0. The van der Waals surface area contributed by atoms with Gasteiger partial charge in [0.25, 0.3) is 0 Å². The molecule has 0 heterocycles. The number of benzene rings is 2. The van der Waals surface area contributed by atoms with Crippen molar-refractivity contribution in [1.82, 2.24) is 0 Å². The summed E-state index contributed by atoms with van der Waals surface area (Å²) in [5.74, 6) is -1.94. The first-order valence-corrected chi connectivity index (χ1v) is 6.05. The third kappa shape index (κ3) is 3.50. The van der Waals surface area contributed by atoms with E-state index in [4.69, 9.17) is 20.7 Å². The van der Waals surface area contributed by atoms with Gasteiger partial charge in [-0.3, -0.25) is 0 Å². The molecule has 0 bridgehead atoms. The second-order valence-corrected chi connectivity index (χ2v) is 4.35. The van der Waals surface area contributed by atoms with Gasteiger partial charge in [-0.25, -0.2) is 9.59 Å². The molecule has 0 aliphatic carbocycles. The Hall–Kier alpha value is -3.02. The average molecular weight is 287 g/mol. The van der Waals surface area contributed by atoms with E-state index in [0.717, 1.165) is 5.56 Å². The maximum Gasteiger partial charge on any atom is 0.339 e. The largest absolute Gasteiger partial charge is 0.488 e. The third-order valence-electron chi connectivity index (χ3n) is 2.83. The van der Waals surface area contributed by atoms with E-state index < -0.39 is 11.9 Å². The normalized spacial score (nSPS) is 10.1. The first kappa shape index (κ1) is 14.4. The lowest BCUT2D eigenvalue weighted by Gasteiger charge is -2.10. The molecule has 0 aliphatic heterocycles. The predicted octanol–water partition coefficient (Wildman–Crippen LogP) is 2.24. The molecule has 0 saturated heterocycles. The molecule has 0 unspecified atom stereocenters. The van der Waals surface area contributed by atoms with Crippen molar-refractivity contribution in [3.8, 4) is 5.75 Å². The molecule has 0 saturated carbocycles. The zero-order valence-corrected chi connectivity index (χ0v) is 10.9. The van der Waals surface area contributed by atoms with E-state index in [1.54, 1.807) is 12.1 Å². The summed E-state index contributed by atoms with van der Waals surface area (Å²) in [5, 5.41) is 17.9. The number of anilines is 1. The summed E-state index contributed by atoms with van der Waals surface area (Å²) in [4.78, 5) is 21.8. The third-order valence-corrected chi connectivity index (χ3v) is 2.83. The second kappa shape index (κ2) is 5.96. The molecule has 0 amide bonds. The number of carbonyl (C=O) groups is 2. The van der Waals surface area contributed by atoms with Crippen LogP contribution in [0.5, 0.6) is 5.75 Å². The van der Waals surface area contributed by atoms with Gasteiger partial charge in [0.15, 0.2) is 0 Å². The molecule has 0 spiro atoms. The molecule has 0 atom stereocenters. The highest BCUT2D eigenvalue weighted by molar-refractivity contribution is 5.91. The number of carboxylic acid groups (broad SMARTS) is 2. The Morgan fingerprint density at radius 2 is 1.67 bits per heavy atom. The maximum atomic E-state index is 11.1. The summed E-state index contributed by atoms with van der Waals surface area (Å²) < 4.78 is 5.46. The fourth-order valence-electron chi connectivity index (χ4n) is 1.74. The zero-order valence-electron chi connectivity index (χ0n) is 10.9. The number of ether oxygens (including phenoxy) is 1. The minimum atomic E-state index is -1.11. The number of hydrogen-bond donors (Lipinski definition) is 3. The minimum Gasteiger partial charge on any atom is -0.488 e. The van der Waals surface area contributed by atoms with Gasteiger partial charge in [-0.05, 0) is 29.8 Å². The van der Waals surface area contributed by atoms with Gasteiger partial charge >= 0.3 is 11.9 Å². The molecule has 0 aliphatic rings. The summed E-state index contributed by atoms with van der Waals surface area (Å²) in [6.45, 7) is 0.115. The number of nitrogen functional groups attached to an aromatic ring is 1. The standard InChI is InChI=1S/C15H13NO5/c16-11-5-6-12(15(19)20)13(7-11)21-8-9-1-3-10(4-2-9)14(17)18/h1-7H,8,16H2,(H,17,18)(H,19,20). The van der Waals surface area contributed by atoms with Crippen LogP contribution in [0.4, 0.5) is 5.69 Å². The number of carboxylic acids is 2. The summed E-state index contributed by atoms with van der Waals surface area (Å²) in [7, 11) is 0. The highest BCUT2D eigenvalue weighted by Crippen LogP contribution is 2.23. The molecule has 4 N–H and O–H groups in total. The van der Waals surface area contributed by atoms with Gasteiger partial charge in [0, 0.05) is 11.8 Å². The van der Waals surface area contributed by atoms with E-state index in [0.29, 0.717) is 5.69 Å². The van der Waals surface area contributed by atoms with E-state index in [1.807, 2.05) is 0 Å². The van der Waals surface area contributed by atoms with Crippen LogP contribution in [0.15, 0.2) is 42.5 Å². The van der Waals surface area contributed by atoms with Crippen molar-refractivity contribution in [3.63, 3.8) is 0 Å². The Kier molecular flexibility index (Phi) is 4.08. The van der Waals surface area contributed by atoms with Crippen LogP contribution in [0.2, 0.25) is 0 Å². The first-order valence-electron chi connectivity index (χ1n) is 6.05. The van der Waals surface area contributed by atoms with Crippen molar-refractivity contribution in [2.24, 2.45) is 0 Å². The Morgan fingerprint density at radius 3 is 2.24 bits per heavy atom. The fourth-order valence-corrected chi connectivity index (χ4v) is 1.74. The van der Waals surface area contributed by atoms with Crippen LogP contribution in [0, 0.1) is 0 Å². The smallest absolute Gasteiger partial charge is 0.339 e. The quantitative estimate of drug-likeness (QED) is 0.727. The zero-order chi connectivity index (χ0) is 15.4. The highest BCUT2D eigenvalue weighted by atomic mass is 16.5. The van der Waals surface area contributed by atoms with Crippen molar-refractivity contribution in [2.45, 2.75) is 6.61 Å². The van der Waals surface area contributed by atoms with Gasteiger partial charge in [0.05, 0.1) is 5.56 Å². The van der Waals surface area contributed by atoms with E-state index in [1.165, 1.54) is 30.3 Å². The van der Waals surface area contributed by atoms with Crippen LogP contribution < -0.4 is 10.5 Å². The van der Waals surface area contributed by atoms with E-state index >= 15 is 0 Å². The molecule has 108 valence electrons. The van der Waals surface area contributed by atoms with Crippen LogP contribution >= 0.6 is 0 Å². The van der Waals surface area contributed by atoms with E-state index in [9.17, 15) is 9.59 Å². The lowest BCUT2D eigenvalue weighted by molar-refractivity contribution is 0.0682. The Balaban J connectivity index is 2.14. The molecule has 2 aromatic rings. The molecule has 6 nitrogen and oxygen atoms in total. The summed E-state index contributed by atoms with van der Waals surface area (Å²) in [6.07, 6.45) is 0. The van der Waals surface area contributed by atoms with E-state index in [2.05, 4.69) is 0 Å². The van der Waals surface area contributed by atoms with Crippen molar-refractivity contribution in [1.29, 1.82) is 0 Å². The molecule has 0 aromatic heterocycles. The van der Waals surface area contributed by atoms with Crippen LogP contribution in [0.1, 0.15) is 26.3 Å². The molecule has 21 heavy (non-hydrogen) atoms. The Morgan fingerprint density at radius 1 is 1.00 bits per heavy atom. The number of hydrogen-bond acceptors (Lipinski definition) is 4. The maximum absolute atomic E-state index is 11.1. The number of aromatic carboxylic acids is 2. The molecule has 2 aromatic carbocycles. The Bertz CT molecular complexity index is 679. The second-order valence-electron chi connectivity index (χ2n) is 4.35. The predicted molar refractivity (Wildman–Crippen MR) is 75.5 cm³/mol. The van der Waals surface area contributed by atoms with Crippen LogP contribution in [0.25, 0.3) is 0 Å². The average Bonchev–Trinajstić information content (AvgIpc) is 2.45. The van der Waals surface area contributed by atoms with Crippen molar-refractivity contribution >= 4 is 17.6 Å². The number of nitrogens with two attached hydrogens (primary N) is 1. The molecule has 2 rings (SSSR count). The van der Waals surface area contributed by atoms with E-state index in [-0.39, 0.29) is 23.5 Å². The van der Waals surface area contributed by atoms with Gasteiger partial charge in [-0.1, -0.05) is 12.1 Å². The van der Waals surface area contributed by atoms with Crippen molar-refractivity contribution in [3.05, 3.63) is 59.2 Å². The van der Waals surface area contributed by atoms with Gasteiger partial charge in [-0.2, -0.15) is 0 Å².